The van der Waals surface area contributed by atoms with Crippen molar-refractivity contribution in [1.29, 1.82) is 0 Å². The number of nitrogens with zero attached hydrogens (tertiary/aromatic N) is 3. The molecule has 2 heterocycles. The third-order valence-corrected chi connectivity index (χ3v) is 3.36. The maximum atomic E-state index is 12.0. The second-order valence-electron chi connectivity index (χ2n) is 4.96. The summed E-state index contributed by atoms with van der Waals surface area (Å²) in [4.78, 5) is 38.1. The largest absolute Gasteiger partial charge is 0.420 e. The van der Waals surface area contributed by atoms with Crippen molar-refractivity contribution in [3.63, 3.8) is 0 Å². The molecule has 9 nitrogen and oxygen atoms in total. The molecule has 0 saturated carbocycles. The Labute approximate surface area is 134 Å². The van der Waals surface area contributed by atoms with E-state index in [0.717, 1.165) is 10.6 Å². The zero-order valence-corrected chi connectivity index (χ0v) is 12.3. The Balaban J connectivity index is 1.77. The number of carbonyl (C=O) groups is 1. The fraction of sp³-hybridized carbons (Fsp3) is 0.133. The van der Waals surface area contributed by atoms with E-state index in [1.54, 1.807) is 24.4 Å². The summed E-state index contributed by atoms with van der Waals surface area (Å²) in [5, 5.41) is 13.4. The smallest absolute Gasteiger partial charge is 0.407 e. The van der Waals surface area contributed by atoms with Crippen LogP contribution in [0.5, 0.6) is 0 Å². The Morgan fingerprint density at radius 3 is 2.88 bits per heavy atom. The van der Waals surface area contributed by atoms with Crippen LogP contribution in [0.1, 0.15) is 5.69 Å². The minimum absolute atomic E-state index is 0.0618. The highest BCUT2D eigenvalue weighted by Gasteiger charge is 2.16. The molecular weight excluding hydrogens is 316 g/mol. The van der Waals surface area contributed by atoms with Crippen LogP contribution in [0.4, 0.5) is 5.69 Å². The summed E-state index contributed by atoms with van der Waals surface area (Å²) in [6.45, 7) is -0.0217. The molecule has 0 fully saturated rings. The fourth-order valence-corrected chi connectivity index (χ4v) is 2.21. The average molecular weight is 328 g/mol. The monoisotopic (exact) mass is 328 g/mol. The van der Waals surface area contributed by atoms with Gasteiger partial charge in [-0.15, -0.1) is 0 Å². The van der Waals surface area contributed by atoms with Crippen LogP contribution in [0.15, 0.2) is 51.8 Å². The highest BCUT2D eigenvalue weighted by atomic mass is 16.6. The maximum absolute atomic E-state index is 12.0. The normalized spacial score (nSPS) is 10.7. The molecule has 1 amide bonds. The van der Waals surface area contributed by atoms with Crippen LogP contribution >= 0.6 is 0 Å². The van der Waals surface area contributed by atoms with Gasteiger partial charge in [-0.3, -0.25) is 24.5 Å². The van der Waals surface area contributed by atoms with E-state index in [1.807, 2.05) is 0 Å². The number of nitro benzene ring substituents is 1. The molecule has 0 aliphatic rings. The number of amides is 1. The number of benzene rings is 1. The highest BCUT2D eigenvalue weighted by Crippen LogP contribution is 2.19. The van der Waals surface area contributed by atoms with E-state index < -0.39 is 16.6 Å². The summed E-state index contributed by atoms with van der Waals surface area (Å²) < 4.78 is 6.08. The Bertz CT molecular complexity index is 961. The number of fused-ring (bicyclic) bond motifs is 1. The average Bonchev–Trinajstić information content (AvgIpc) is 2.89. The summed E-state index contributed by atoms with van der Waals surface area (Å²) in [6.07, 6.45) is 1.61. The standard InChI is InChI=1S/C15H12N4O5/c20-14(17-8-10-3-1-2-6-16-10)9-18-12-5-4-11(19(22)23)7-13(12)24-15(18)21/h1-7H,8-9H2,(H,17,20). The molecule has 1 N–H and O–H groups in total. The van der Waals surface area contributed by atoms with Gasteiger partial charge in [0.15, 0.2) is 5.58 Å². The molecule has 0 aliphatic heterocycles. The van der Waals surface area contributed by atoms with Crippen molar-refractivity contribution >= 4 is 22.7 Å². The number of hydrogen-bond acceptors (Lipinski definition) is 6. The van der Waals surface area contributed by atoms with E-state index in [2.05, 4.69) is 10.3 Å². The lowest BCUT2D eigenvalue weighted by atomic mass is 10.3. The van der Waals surface area contributed by atoms with Gasteiger partial charge in [0.25, 0.3) is 5.69 Å². The third kappa shape index (κ3) is 3.14. The van der Waals surface area contributed by atoms with Crippen molar-refractivity contribution in [2.24, 2.45) is 0 Å². The van der Waals surface area contributed by atoms with Gasteiger partial charge in [0.1, 0.15) is 6.54 Å². The number of nitrogens with one attached hydrogen (secondary N) is 1. The molecule has 0 atom stereocenters. The lowest BCUT2D eigenvalue weighted by molar-refractivity contribution is -0.384. The van der Waals surface area contributed by atoms with Crippen molar-refractivity contribution in [3.05, 3.63) is 69.0 Å². The number of rotatable bonds is 5. The van der Waals surface area contributed by atoms with Crippen LogP contribution in [-0.2, 0) is 17.9 Å². The van der Waals surface area contributed by atoms with Crippen LogP contribution < -0.4 is 11.1 Å². The summed E-state index contributed by atoms with van der Waals surface area (Å²) in [6, 6.07) is 9.11. The first-order valence-corrected chi connectivity index (χ1v) is 6.99. The first kappa shape index (κ1) is 15.4. The summed E-state index contributed by atoms with van der Waals surface area (Å²) in [5.74, 6) is -1.15. The molecule has 3 rings (SSSR count). The van der Waals surface area contributed by atoms with Crippen LogP contribution in [0.25, 0.3) is 11.1 Å². The molecule has 24 heavy (non-hydrogen) atoms. The number of aromatic nitrogens is 2. The van der Waals surface area contributed by atoms with Gasteiger partial charge in [-0.1, -0.05) is 6.07 Å². The molecule has 1 aromatic carbocycles. The van der Waals surface area contributed by atoms with Crippen LogP contribution in [0, 0.1) is 10.1 Å². The van der Waals surface area contributed by atoms with E-state index in [9.17, 15) is 19.7 Å². The van der Waals surface area contributed by atoms with Crippen molar-refractivity contribution in [2.45, 2.75) is 13.1 Å². The SMILES string of the molecule is O=C(Cn1c(=O)oc2cc([N+](=O)[O-])ccc21)NCc1ccccn1. The second-order valence-corrected chi connectivity index (χ2v) is 4.96. The highest BCUT2D eigenvalue weighted by molar-refractivity contribution is 5.80. The molecular formula is C15H12N4O5. The first-order chi connectivity index (χ1) is 11.5. The molecule has 0 spiro atoms. The number of hydrogen-bond donors (Lipinski definition) is 1. The number of non-ortho nitro benzene ring substituents is 1. The molecule has 3 aromatic rings. The molecule has 0 unspecified atom stereocenters. The number of carbonyl (C=O) groups excluding carboxylic acids is 1. The predicted molar refractivity (Wildman–Crippen MR) is 83.2 cm³/mol. The van der Waals surface area contributed by atoms with Gasteiger partial charge in [0.05, 0.1) is 28.7 Å². The Morgan fingerprint density at radius 2 is 2.17 bits per heavy atom. The van der Waals surface area contributed by atoms with Gasteiger partial charge in [0, 0.05) is 12.3 Å². The van der Waals surface area contributed by atoms with Gasteiger partial charge >= 0.3 is 5.76 Å². The second kappa shape index (κ2) is 6.32. The third-order valence-electron chi connectivity index (χ3n) is 3.36. The van der Waals surface area contributed by atoms with E-state index in [4.69, 9.17) is 4.42 Å². The van der Waals surface area contributed by atoms with Gasteiger partial charge < -0.3 is 9.73 Å². The predicted octanol–water partition coefficient (Wildman–Crippen LogP) is 1.21. The molecule has 9 heteroatoms. The zero-order chi connectivity index (χ0) is 17.1. The molecule has 122 valence electrons. The number of pyridine rings is 1. The maximum Gasteiger partial charge on any atom is 0.420 e. The van der Waals surface area contributed by atoms with Crippen molar-refractivity contribution in [3.8, 4) is 0 Å². The van der Waals surface area contributed by atoms with Crippen molar-refractivity contribution < 1.29 is 14.1 Å². The lowest BCUT2D eigenvalue weighted by Gasteiger charge is -2.05. The Morgan fingerprint density at radius 1 is 1.33 bits per heavy atom. The van der Waals surface area contributed by atoms with E-state index in [1.165, 1.54) is 12.1 Å². The minimum Gasteiger partial charge on any atom is -0.407 e. The summed E-state index contributed by atoms with van der Waals surface area (Å²) in [7, 11) is 0. The molecule has 0 aliphatic carbocycles. The Hall–Kier alpha value is -3.49. The van der Waals surface area contributed by atoms with Crippen molar-refractivity contribution in [1.82, 2.24) is 14.9 Å². The van der Waals surface area contributed by atoms with Crippen LogP contribution in [0.3, 0.4) is 0 Å². The van der Waals surface area contributed by atoms with Gasteiger partial charge in [-0.25, -0.2) is 4.79 Å². The van der Waals surface area contributed by atoms with Crippen molar-refractivity contribution in [2.75, 3.05) is 0 Å². The van der Waals surface area contributed by atoms with Crippen LogP contribution in [-0.4, -0.2) is 20.4 Å². The minimum atomic E-state index is -0.751. The van der Waals surface area contributed by atoms with E-state index >= 15 is 0 Å². The molecule has 0 saturated heterocycles. The molecule has 0 radical (unpaired) electrons. The van der Waals surface area contributed by atoms with Gasteiger partial charge in [-0.2, -0.15) is 0 Å². The number of nitro groups is 1. The van der Waals surface area contributed by atoms with E-state index in [0.29, 0.717) is 11.2 Å². The van der Waals surface area contributed by atoms with E-state index in [-0.39, 0.29) is 24.4 Å². The zero-order valence-electron chi connectivity index (χ0n) is 12.3. The van der Waals surface area contributed by atoms with Crippen LogP contribution in [0.2, 0.25) is 0 Å². The summed E-state index contributed by atoms with van der Waals surface area (Å²) >= 11 is 0. The first-order valence-electron chi connectivity index (χ1n) is 6.99. The lowest BCUT2D eigenvalue weighted by Crippen LogP contribution is -2.30. The Kier molecular flexibility index (Phi) is 4.06. The van der Waals surface area contributed by atoms with Gasteiger partial charge in [0.2, 0.25) is 5.91 Å². The quantitative estimate of drug-likeness (QED) is 0.555. The molecule has 2 aromatic heterocycles. The molecule has 0 bridgehead atoms. The topological polar surface area (TPSA) is 120 Å². The summed E-state index contributed by atoms with van der Waals surface area (Å²) in [5.41, 5.74) is 0.874. The fourth-order valence-electron chi connectivity index (χ4n) is 2.21. The van der Waals surface area contributed by atoms with Gasteiger partial charge in [-0.05, 0) is 18.2 Å². The number of oxazole rings is 1.